The highest BCUT2D eigenvalue weighted by atomic mass is 32.1. The number of hydrogen-bond acceptors (Lipinski definition) is 10. The van der Waals surface area contributed by atoms with E-state index < -0.39 is 6.04 Å². The molecule has 0 aliphatic heterocycles. The van der Waals surface area contributed by atoms with E-state index in [-0.39, 0.29) is 45.9 Å². The van der Waals surface area contributed by atoms with Crippen LogP contribution in [0.15, 0.2) is 64.3 Å². The number of anilines is 1. The second-order valence-electron chi connectivity index (χ2n) is 12.0. The van der Waals surface area contributed by atoms with Gasteiger partial charge in [0.1, 0.15) is 5.82 Å². The highest BCUT2D eigenvalue weighted by Crippen LogP contribution is 2.29. The molecule has 0 bridgehead atoms. The van der Waals surface area contributed by atoms with Crippen LogP contribution in [0.5, 0.6) is 0 Å². The molecule has 2 heterocycles. The van der Waals surface area contributed by atoms with Crippen LogP contribution in [0.4, 0.5) is 5.82 Å². The van der Waals surface area contributed by atoms with Crippen LogP contribution in [-0.4, -0.2) is 39.8 Å². The predicted octanol–water partition coefficient (Wildman–Crippen LogP) is 7.87. The third-order valence-electron chi connectivity index (χ3n) is 7.07. The van der Waals surface area contributed by atoms with Crippen molar-refractivity contribution in [1.29, 1.82) is 0 Å². The molecule has 0 unspecified atom stereocenters. The number of thiophene rings is 1. The summed E-state index contributed by atoms with van der Waals surface area (Å²) in [5, 5.41) is 24.7. The molecule has 0 saturated heterocycles. The zero-order chi connectivity index (χ0) is 47.0. The molecule has 13 nitrogen and oxygen atoms in total. The number of rotatable bonds is 13. The highest BCUT2D eigenvalue weighted by Gasteiger charge is 2.23. The second kappa shape index (κ2) is 35.1. The van der Waals surface area contributed by atoms with Crippen molar-refractivity contribution in [3.63, 3.8) is 0 Å². The molecule has 0 spiro atoms. The number of aryl methyl sites for hydroxylation is 2. The van der Waals surface area contributed by atoms with Crippen LogP contribution in [0.2, 0.25) is 0 Å². The van der Waals surface area contributed by atoms with Gasteiger partial charge in [-0.3, -0.25) is 15.4 Å². The van der Waals surface area contributed by atoms with E-state index in [4.69, 9.17) is 5.73 Å². The number of aromatic nitrogens is 1. The molecule has 3 aromatic rings. The van der Waals surface area contributed by atoms with Crippen molar-refractivity contribution in [2.75, 3.05) is 5.73 Å². The highest BCUT2D eigenvalue weighted by molar-refractivity contribution is 7.74. The van der Waals surface area contributed by atoms with Gasteiger partial charge >= 0.3 is 0 Å². The van der Waals surface area contributed by atoms with E-state index in [0.717, 1.165) is 21.4 Å². The van der Waals surface area contributed by atoms with E-state index in [1.165, 1.54) is 5.56 Å². The third kappa shape index (κ3) is 26.4. The van der Waals surface area contributed by atoms with Crippen molar-refractivity contribution in [1.82, 2.24) is 15.6 Å². The molecule has 64 heavy (non-hydrogen) atoms. The molecule has 342 valence electrons. The summed E-state index contributed by atoms with van der Waals surface area (Å²) in [6, 6.07) is 13.3. The fraction of sp³-hybridized carbons (Fsp3) is 0.245. The number of nitrogens with one attached hydrogen (secondary N) is 2. The van der Waals surface area contributed by atoms with Crippen LogP contribution in [0.25, 0.3) is 10.1 Å². The lowest BCUT2D eigenvalue weighted by Crippen LogP contribution is -2.51. The standard InChI is InChI=1S/C25H32N4O2S.C24H6.H3N5O2S.12H2/c1-16(2)28-21(11-9-18-7-5-4-6-8-18)25(31)29-17(3)22(30)12-10-19-15-20-23(32-19)13-14-27-24(20)26;1-3-5-7-9-11-13-15-17-19-21-23-24-22-20-18-16-14-12-10-8-6-4-2;1-2-3-4-5(6)7-8;;;;;;;;;;;;/h4-8,13-17,21,28H,9-12H2,1-3H3,(H2,26,27)(H,29,31);1-2H3;8H,(H2,1,3);12*1H/t17-,21+;;;;;;;;;;;;;;/m0............../s1. The summed E-state index contributed by atoms with van der Waals surface area (Å²) >= 11 is 4.69. The minimum Gasteiger partial charge on any atom is -0.394 e. The number of hydrogen-bond donors (Lipinski definition) is 5. The molecule has 6 N–H and O–H groups in total. The van der Waals surface area contributed by atoms with Crippen LogP contribution < -0.4 is 22.2 Å². The zero-order valence-corrected chi connectivity index (χ0v) is 37.3. The molecule has 2 aromatic heterocycles. The number of carbonyl (C=O) groups excluding carboxylic acids is 2. The van der Waals surface area contributed by atoms with Gasteiger partial charge < -0.3 is 25.9 Å². The summed E-state index contributed by atoms with van der Waals surface area (Å²) in [6.07, 6.45) is 4.16. The summed E-state index contributed by atoms with van der Waals surface area (Å²) in [5.74, 6) is 60.5. The third-order valence-corrected chi connectivity index (χ3v) is 8.37. The van der Waals surface area contributed by atoms with Crippen molar-refractivity contribution in [3.8, 4) is 130 Å². The molecule has 0 saturated carbocycles. The summed E-state index contributed by atoms with van der Waals surface area (Å²) < 4.78 is 4.72. The molecule has 0 aliphatic rings. The molecule has 1 amide bonds. The first-order chi connectivity index (χ1) is 31.1. The molecule has 0 radical (unpaired) electrons. The lowest BCUT2D eigenvalue weighted by molar-refractivity contribution is -0.744. The minimum atomic E-state index is -0.531. The lowest BCUT2D eigenvalue weighted by atomic mass is 10.0. The van der Waals surface area contributed by atoms with Gasteiger partial charge in [-0.2, -0.15) is 0 Å². The number of nitrogens with two attached hydrogens (primary N) is 2. The number of benzene rings is 1. The Labute approximate surface area is 402 Å². The van der Waals surface area contributed by atoms with Crippen molar-refractivity contribution < 1.29 is 36.0 Å². The summed E-state index contributed by atoms with van der Waals surface area (Å²) in [7, 11) is 0. The number of nitrogens with zero attached hydrogens (tertiary/aromatic N) is 5. The number of thiol groups is 1. The lowest BCUT2D eigenvalue weighted by Gasteiger charge is -2.23. The zero-order valence-electron chi connectivity index (χ0n) is 35.6. The van der Waals surface area contributed by atoms with E-state index in [2.05, 4.69) is 197 Å². The maximum Gasteiger partial charge on any atom is 0.237 e. The van der Waals surface area contributed by atoms with Gasteiger partial charge in [0, 0.05) is 74.4 Å². The number of carbonyl (C=O) groups is 2. The Balaban J connectivity index is -0.0000000844. The van der Waals surface area contributed by atoms with E-state index in [9.17, 15) is 14.8 Å². The summed E-state index contributed by atoms with van der Waals surface area (Å²) in [4.78, 5) is 30.8. The van der Waals surface area contributed by atoms with Crippen LogP contribution in [0.3, 0.4) is 0 Å². The monoisotopic (exact) mass is 907 g/mol. The first-order valence-electron chi connectivity index (χ1n) is 18.7. The molecular formula is C49H65N9O4S2. The van der Waals surface area contributed by atoms with Gasteiger partial charge in [-0.05, 0) is 152 Å². The number of nitrogen functional groups attached to an aromatic ring is 1. The van der Waals surface area contributed by atoms with E-state index >= 15 is 0 Å². The van der Waals surface area contributed by atoms with Crippen LogP contribution >= 0.6 is 24.2 Å². The smallest absolute Gasteiger partial charge is 0.237 e. The number of fused-ring (bicyclic) bond motifs is 1. The average Bonchev–Trinajstić information content (AvgIpc) is 3.73. The van der Waals surface area contributed by atoms with Gasteiger partial charge in [0.25, 0.3) is 0 Å². The van der Waals surface area contributed by atoms with Crippen LogP contribution in [-0.2, 0) is 26.7 Å². The Bertz CT molecular complexity index is 2800. The molecule has 2 atom stereocenters. The molecule has 3 rings (SSSR count). The van der Waals surface area contributed by atoms with Crippen molar-refractivity contribution in [2.24, 2.45) is 21.5 Å². The second-order valence-corrected chi connectivity index (χ2v) is 13.4. The quantitative estimate of drug-likeness (QED) is 0.0285. The Kier molecular flexibility index (Phi) is 29.3. The van der Waals surface area contributed by atoms with Gasteiger partial charge in [0.15, 0.2) is 5.78 Å². The van der Waals surface area contributed by atoms with Gasteiger partial charge in [0.2, 0.25) is 16.4 Å². The van der Waals surface area contributed by atoms with Crippen LogP contribution in [0.1, 0.15) is 75.0 Å². The molecule has 1 aromatic carbocycles. The molecule has 15 heteroatoms. The largest absolute Gasteiger partial charge is 0.394 e. The SMILES string of the molecule is CC#CC#CC#CC#CC#CC#CC#CC#CC#CC#CC#CC.CC(C)N[C@H](CCc1ccccc1)C(=O)N[C@@H](C)C(=O)CCc1cc2c(N)nccc2s1.NN=NN=[N+]([O-])OS.[HH].[HH].[HH].[HH].[HH].[HH].[HH].[HH].[HH].[HH].[HH].[HH]. The van der Waals surface area contributed by atoms with Crippen molar-refractivity contribution in [3.05, 3.63) is 64.3 Å². The topological polar surface area (TPSA) is 196 Å². The number of Topliss-reactive ketones (excluding diaryl/α,β-unsaturated/α-hetero) is 1. The Morgan fingerprint density at radius 3 is 1.77 bits per heavy atom. The van der Waals surface area contributed by atoms with E-state index in [1.807, 2.05) is 44.2 Å². The molecule has 0 fully saturated rings. The van der Waals surface area contributed by atoms with Gasteiger partial charge in [-0.25, -0.2) is 4.98 Å². The molecule has 0 aliphatic carbocycles. The Morgan fingerprint density at radius 1 is 0.828 bits per heavy atom. The van der Waals surface area contributed by atoms with Crippen molar-refractivity contribution >= 4 is 51.8 Å². The fourth-order valence-corrected chi connectivity index (χ4v) is 5.52. The number of ketones is 1. The summed E-state index contributed by atoms with van der Waals surface area (Å²) in [5.41, 5.74) is 7.12. The maximum absolute atomic E-state index is 12.9. The minimum absolute atomic E-state index is 0. The van der Waals surface area contributed by atoms with Gasteiger partial charge in [0.05, 0.1) is 22.3 Å². The van der Waals surface area contributed by atoms with Crippen molar-refractivity contribution in [2.45, 2.75) is 78.4 Å². The average molecular weight is 908 g/mol. The van der Waals surface area contributed by atoms with Gasteiger partial charge in [-0.1, -0.05) is 68.9 Å². The predicted molar refractivity (Wildman–Crippen MR) is 279 cm³/mol. The Morgan fingerprint density at radius 2 is 1.33 bits per heavy atom. The summed E-state index contributed by atoms with van der Waals surface area (Å²) in [6.45, 7) is 9.20. The van der Waals surface area contributed by atoms with Gasteiger partial charge in [-0.15, -0.1) is 11.3 Å². The first kappa shape index (κ1) is 53.4. The van der Waals surface area contributed by atoms with E-state index in [0.29, 0.717) is 25.1 Å². The van der Waals surface area contributed by atoms with Crippen LogP contribution in [0, 0.1) is 135 Å². The normalized spacial score (nSPS) is 9.64. The maximum atomic E-state index is 12.9. The van der Waals surface area contributed by atoms with E-state index in [1.54, 1.807) is 38.3 Å². The molecular weight excluding hydrogens is 843 g/mol. The number of amides is 1. The number of pyridine rings is 1. The fourth-order valence-electron chi connectivity index (χ4n) is 4.42. The first-order valence-corrected chi connectivity index (χ1v) is 19.9. The Hall–Kier alpha value is -8.66.